The summed E-state index contributed by atoms with van der Waals surface area (Å²) in [4.78, 5) is 16.4. The molecular formula is C23H22N2O3. The molecule has 5 nitrogen and oxygen atoms in total. The molecular weight excluding hydrogens is 352 g/mol. The Labute approximate surface area is 163 Å². The van der Waals surface area contributed by atoms with Gasteiger partial charge < -0.3 is 14.4 Å². The third-order valence-corrected chi connectivity index (χ3v) is 4.82. The lowest BCUT2D eigenvalue weighted by atomic mass is 10.0. The monoisotopic (exact) mass is 374 g/mol. The second-order valence-electron chi connectivity index (χ2n) is 6.77. The topological polar surface area (TPSA) is 64.4 Å². The van der Waals surface area contributed by atoms with E-state index in [0.717, 1.165) is 46.0 Å². The van der Waals surface area contributed by atoms with Crippen LogP contribution in [0.2, 0.25) is 0 Å². The van der Waals surface area contributed by atoms with Gasteiger partial charge in [0.1, 0.15) is 18.1 Å². The van der Waals surface area contributed by atoms with E-state index in [0.29, 0.717) is 12.4 Å². The number of carboxylic acids is 1. The molecule has 142 valence electrons. The minimum absolute atomic E-state index is 0.159. The number of benzene rings is 3. The van der Waals surface area contributed by atoms with Crippen LogP contribution in [0, 0.1) is 0 Å². The molecule has 0 aliphatic heterocycles. The summed E-state index contributed by atoms with van der Waals surface area (Å²) in [5.41, 5.74) is 2.41. The van der Waals surface area contributed by atoms with Gasteiger partial charge in [0.25, 0.3) is 0 Å². The Morgan fingerprint density at radius 2 is 1.86 bits per heavy atom. The summed E-state index contributed by atoms with van der Waals surface area (Å²) in [6, 6.07) is 19.6. The van der Waals surface area contributed by atoms with Gasteiger partial charge in [0, 0.05) is 0 Å². The van der Waals surface area contributed by atoms with Crippen molar-refractivity contribution in [2.45, 2.75) is 26.3 Å². The summed E-state index contributed by atoms with van der Waals surface area (Å²) in [5, 5.41) is 11.6. The lowest BCUT2D eigenvalue weighted by Crippen LogP contribution is -2.10. The minimum atomic E-state index is -0.905. The van der Waals surface area contributed by atoms with Gasteiger partial charge in [0.15, 0.2) is 0 Å². The minimum Gasteiger partial charge on any atom is -0.493 e. The predicted octanol–water partition coefficient (Wildman–Crippen LogP) is 5.12. The van der Waals surface area contributed by atoms with Crippen molar-refractivity contribution in [3.63, 3.8) is 0 Å². The zero-order valence-electron chi connectivity index (χ0n) is 15.8. The van der Waals surface area contributed by atoms with Crippen molar-refractivity contribution >= 4 is 27.8 Å². The van der Waals surface area contributed by atoms with Crippen molar-refractivity contribution < 1.29 is 14.6 Å². The van der Waals surface area contributed by atoms with Crippen molar-refractivity contribution in [2.24, 2.45) is 0 Å². The zero-order chi connectivity index (χ0) is 19.5. The molecule has 0 atom stereocenters. The Bertz CT molecular complexity index is 1150. The standard InChI is InChI=1S/C23H22N2O3/c1-2-3-14-28-20-13-12-16-8-4-5-9-17(16)22(20)23-24-18-10-6-7-11-19(18)25(23)15-21(26)27/h4-13H,2-3,14-15H2,1H3,(H,26,27). The third-order valence-electron chi connectivity index (χ3n) is 4.82. The van der Waals surface area contributed by atoms with Gasteiger partial charge in [-0.15, -0.1) is 0 Å². The van der Waals surface area contributed by atoms with Crippen LogP contribution in [0.15, 0.2) is 60.7 Å². The summed E-state index contributed by atoms with van der Waals surface area (Å²) >= 11 is 0. The number of aromatic nitrogens is 2. The molecule has 4 rings (SSSR count). The maximum absolute atomic E-state index is 11.6. The van der Waals surface area contributed by atoms with Gasteiger partial charge in [-0.05, 0) is 35.4 Å². The van der Waals surface area contributed by atoms with E-state index in [4.69, 9.17) is 9.72 Å². The molecule has 1 N–H and O–H groups in total. The van der Waals surface area contributed by atoms with E-state index in [1.807, 2.05) is 60.7 Å². The second kappa shape index (κ2) is 7.72. The Morgan fingerprint density at radius 1 is 1.07 bits per heavy atom. The van der Waals surface area contributed by atoms with Crippen LogP contribution in [0.3, 0.4) is 0 Å². The third kappa shape index (κ3) is 3.31. The molecule has 0 aliphatic carbocycles. The van der Waals surface area contributed by atoms with Crippen LogP contribution < -0.4 is 4.74 Å². The molecule has 0 radical (unpaired) electrons. The maximum Gasteiger partial charge on any atom is 0.323 e. The number of fused-ring (bicyclic) bond motifs is 2. The quantitative estimate of drug-likeness (QED) is 0.456. The largest absolute Gasteiger partial charge is 0.493 e. The molecule has 3 aromatic carbocycles. The lowest BCUT2D eigenvalue weighted by Gasteiger charge is -2.15. The zero-order valence-corrected chi connectivity index (χ0v) is 15.8. The predicted molar refractivity (Wildman–Crippen MR) is 111 cm³/mol. The van der Waals surface area contributed by atoms with Gasteiger partial charge >= 0.3 is 5.97 Å². The average molecular weight is 374 g/mol. The number of para-hydroxylation sites is 2. The molecule has 0 saturated heterocycles. The molecule has 0 bridgehead atoms. The fraction of sp³-hybridized carbons (Fsp3) is 0.217. The molecule has 28 heavy (non-hydrogen) atoms. The summed E-state index contributed by atoms with van der Waals surface area (Å²) in [6.07, 6.45) is 2.00. The highest BCUT2D eigenvalue weighted by Gasteiger charge is 2.20. The number of hydrogen-bond donors (Lipinski definition) is 1. The van der Waals surface area contributed by atoms with Crippen molar-refractivity contribution in [2.75, 3.05) is 6.61 Å². The number of nitrogens with zero attached hydrogens (tertiary/aromatic N) is 2. The van der Waals surface area contributed by atoms with Crippen LogP contribution in [0.4, 0.5) is 0 Å². The molecule has 0 amide bonds. The first-order valence-corrected chi connectivity index (χ1v) is 9.51. The molecule has 0 spiro atoms. The van der Waals surface area contributed by atoms with E-state index < -0.39 is 5.97 Å². The maximum atomic E-state index is 11.6. The molecule has 1 heterocycles. The van der Waals surface area contributed by atoms with Crippen LogP contribution in [0.25, 0.3) is 33.2 Å². The lowest BCUT2D eigenvalue weighted by molar-refractivity contribution is -0.137. The molecule has 0 unspecified atom stereocenters. The van der Waals surface area contributed by atoms with E-state index in [9.17, 15) is 9.90 Å². The SMILES string of the molecule is CCCCOc1ccc2ccccc2c1-c1nc2ccccc2n1CC(=O)O. The van der Waals surface area contributed by atoms with Crippen LogP contribution in [-0.4, -0.2) is 27.2 Å². The van der Waals surface area contributed by atoms with Gasteiger partial charge in [0.2, 0.25) is 0 Å². The van der Waals surface area contributed by atoms with E-state index in [-0.39, 0.29) is 6.54 Å². The second-order valence-corrected chi connectivity index (χ2v) is 6.77. The molecule has 0 aliphatic rings. The Balaban J connectivity index is 1.99. The van der Waals surface area contributed by atoms with Crippen LogP contribution in [0.5, 0.6) is 5.75 Å². The highest BCUT2D eigenvalue weighted by Crippen LogP contribution is 2.38. The number of unbranched alkanes of at least 4 members (excludes halogenated alkanes) is 1. The van der Waals surface area contributed by atoms with E-state index >= 15 is 0 Å². The molecule has 4 aromatic rings. The first-order valence-electron chi connectivity index (χ1n) is 9.51. The number of rotatable bonds is 7. The van der Waals surface area contributed by atoms with Crippen molar-refractivity contribution in [1.29, 1.82) is 0 Å². The Hall–Kier alpha value is -3.34. The summed E-state index contributed by atoms with van der Waals surface area (Å²) in [6.45, 7) is 2.57. The summed E-state index contributed by atoms with van der Waals surface area (Å²) < 4.78 is 7.85. The molecule has 0 saturated carbocycles. The first kappa shape index (κ1) is 18.0. The fourth-order valence-electron chi connectivity index (χ4n) is 3.49. The van der Waals surface area contributed by atoms with Gasteiger partial charge in [-0.25, -0.2) is 4.98 Å². The van der Waals surface area contributed by atoms with Gasteiger partial charge in [-0.3, -0.25) is 4.79 Å². The fourth-order valence-corrected chi connectivity index (χ4v) is 3.49. The summed E-state index contributed by atoms with van der Waals surface area (Å²) in [7, 11) is 0. The van der Waals surface area contributed by atoms with E-state index in [2.05, 4.69) is 6.92 Å². The highest BCUT2D eigenvalue weighted by atomic mass is 16.5. The number of hydrogen-bond acceptors (Lipinski definition) is 3. The van der Waals surface area contributed by atoms with Gasteiger partial charge in [0.05, 0.1) is 23.2 Å². The Kier molecular flexibility index (Phi) is 4.98. The van der Waals surface area contributed by atoms with E-state index in [1.54, 1.807) is 4.57 Å². The number of carboxylic acid groups (broad SMARTS) is 1. The normalized spacial score (nSPS) is 11.2. The van der Waals surface area contributed by atoms with Crippen LogP contribution in [-0.2, 0) is 11.3 Å². The molecule has 5 heteroatoms. The van der Waals surface area contributed by atoms with Crippen molar-refractivity contribution in [3.05, 3.63) is 60.7 Å². The van der Waals surface area contributed by atoms with E-state index in [1.165, 1.54) is 0 Å². The van der Waals surface area contributed by atoms with Crippen molar-refractivity contribution in [1.82, 2.24) is 9.55 Å². The first-order chi connectivity index (χ1) is 13.7. The Morgan fingerprint density at radius 3 is 2.68 bits per heavy atom. The van der Waals surface area contributed by atoms with Gasteiger partial charge in [-0.2, -0.15) is 0 Å². The number of aliphatic carboxylic acids is 1. The highest BCUT2D eigenvalue weighted by molar-refractivity contribution is 6.00. The number of ether oxygens (including phenoxy) is 1. The van der Waals surface area contributed by atoms with Gasteiger partial charge in [-0.1, -0.05) is 55.8 Å². The van der Waals surface area contributed by atoms with Crippen LogP contribution >= 0.6 is 0 Å². The van der Waals surface area contributed by atoms with Crippen LogP contribution in [0.1, 0.15) is 19.8 Å². The molecule has 0 fully saturated rings. The average Bonchev–Trinajstić information content (AvgIpc) is 3.05. The smallest absolute Gasteiger partial charge is 0.323 e. The van der Waals surface area contributed by atoms with Crippen molar-refractivity contribution in [3.8, 4) is 17.1 Å². The number of imidazole rings is 1. The molecule has 1 aromatic heterocycles. The summed E-state index contributed by atoms with van der Waals surface area (Å²) in [5.74, 6) is 0.444. The number of carbonyl (C=O) groups is 1.